The van der Waals surface area contributed by atoms with Crippen LogP contribution in [0.25, 0.3) is 0 Å². The number of likely N-dealkylation sites (tertiary alicyclic amines) is 1. The predicted molar refractivity (Wildman–Crippen MR) is 76.3 cm³/mol. The molecule has 0 radical (unpaired) electrons. The van der Waals surface area contributed by atoms with E-state index in [4.69, 9.17) is 10.5 Å². The van der Waals surface area contributed by atoms with Gasteiger partial charge in [0.2, 0.25) is 5.91 Å². The number of amides is 1. The van der Waals surface area contributed by atoms with E-state index in [1.165, 1.54) is 0 Å². The number of benzene rings is 1. The average Bonchev–Trinajstić information content (AvgIpc) is 2.94. The van der Waals surface area contributed by atoms with Gasteiger partial charge in [-0.15, -0.1) is 0 Å². The molecule has 1 saturated heterocycles. The molecule has 1 amide bonds. The molecule has 1 fully saturated rings. The van der Waals surface area contributed by atoms with Crippen molar-refractivity contribution in [1.29, 1.82) is 0 Å². The van der Waals surface area contributed by atoms with E-state index < -0.39 is 0 Å². The minimum atomic E-state index is 0.229. The van der Waals surface area contributed by atoms with Crippen LogP contribution >= 0.6 is 0 Å². The van der Waals surface area contributed by atoms with E-state index in [0.717, 1.165) is 31.6 Å². The van der Waals surface area contributed by atoms with Crippen molar-refractivity contribution in [3.63, 3.8) is 0 Å². The molecule has 5 nitrogen and oxygen atoms in total. The molecule has 0 bridgehead atoms. The summed E-state index contributed by atoms with van der Waals surface area (Å²) in [4.78, 5) is 13.8. The lowest BCUT2D eigenvalue weighted by molar-refractivity contribution is -0.129. The molecule has 0 aromatic heterocycles. The Morgan fingerprint density at radius 2 is 2.16 bits per heavy atom. The van der Waals surface area contributed by atoms with Gasteiger partial charge in [-0.05, 0) is 25.0 Å². The van der Waals surface area contributed by atoms with E-state index in [1.807, 2.05) is 17.0 Å². The van der Waals surface area contributed by atoms with E-state index in [2.05, 4.69) is 5.32 Å². The first-order valence-electron chi connectivity index (χ1n) is 6.66. The van der Waals surface area contributed by atoms with Crippen molar-refractivity contribution in [2.75, 3.05) is 37.8 Å². The summed E-state index contributed by atoms with van der Waals surface area (Å²) >= 11 is 0. The van der Waals surface area contributed by atoms with Gasteiger partial charge in [0.05, 0.1) is 12.8 Å². The fourth-order valence-corrected chi connectivity index (χ4v) is 2.26. The van der Waals surface area contributed by atoms with E-state index in [9.17, 15) is 4.79 Å². The summed E-state index contributed by atoms with van der Waals surface area (Å²) in [6.07, 6.45) is 2.79. The highest BCUT2D eigenvalue weighted by molar-refractivity contribution is 5.77. The van der Waals surface area contributed by atoms with Gasteiger partial charge < -0.3 is 20.7 Å². The van der Waals surface area contributed by atoms with Crippen molar-refractivity contribution >= 4 is 17.3 Å². The van der Waals surface area contributed by atoms with Gasteiger partial charge in [-0.3, -0.25) is 4.79 Å². The molecule has 1 aromatic rings. The minimum Gasteiger partial charge on any atom is -0.495 e. The number of nitrogens with one attached hydrogen (secondary N) is 1. The SMILES string of the molecule is COc1cc(NCCC(=O)N2CCCC2)ccc1N. The van der Waals surface area contributed by atoms with Gasteiger partial charge in [-0.25, -0.2) is 0 Å². The lowest BCUT2D eigenvalue weighted by atomic mass is 10.2. The molecule has 0 spiro atoms. The molecule has 1 heterocycles. The number of ether oxygens (including phenoxy) is 1. The quantitative estimate of drug-likeness (QED) is 0.793. The highest BCUT2D eigenvalue weighted by atomic mass is 16.5. The van der Waals surface area contributed by atoms with Crippen LogP contribution in [0.3, 0.4) is 0 Å². The molecular formula is C14H21N3O2. The van der Waals surface area contributed by atoms with Gasteiger partial charge in [0, 0.05) is 37.8 Å². The summed E-state index contributed by atoms with van der Waals surface area (Å²) in [5, 5.41) is 3.22. The zero-order chi connectivity index (χ0) is 13.7. The van der Waals surface area contributed by atoms with Crippen molar-refractivity contribution in [3.05, 3.63) is 18.2 Å². The second kappa shape index (κ2) is 6.31. The maximum Gasteiger partial charge on any atom is 0.224 e. The van der Waals surface area contributed by atoms with E-state index in [-0.39, 0.29) is 5.91 Å². The molecule has 0 saturated carbocycles. The minimum absolute atomic E-state index is 0.229. The molecule has 1 aliphatic rings. The number of hydrogen-bond donors (Lipinski definition) is 2. The van der Waals surface area contributed by atoms with Gasteiger partial charge in [0.15, 0.2) is 0 Å². The fraction of sp³-hybridized carbons (Fsp3) is 0.500. The standard InChI is InChI=1S/C14H21N3O2/c1-19-13-10-11(4-5-12(13)15)16-7-6-14(18)17-8-2-3-9-17/h4-5,10,16H,2-3,6-9,15H2,1H3. The monoisotopic (exact) mass is 263 g/mol. The van der Waals surface area contributed by atoms with Crippen molar-refractivity contribution in [1.82, 2.24) is 4.90 Å². The van der Waals surface area contributed by atoms with E-state index >= 15 is 0 Å². The first-order valence-corrected chi connectivity index (χ1v) is 6.66. The Morgan fingerprint density at radius 1 is 1.42 bits per heavy atom. The van der Waals surface area contributed by atoms with Crippen molar-refractivity contribution < 1.29 is 9.53 Å². The number of anilines is 2. The molecule has 0 unspecified atom stereocenters. The molecular weight excluding hydrogens is 242 g/mol. The van der Waals surface area contributed by atoms with Crippen LogP contribution in [0.2, 0.25) is 0 Å². The van der Waals surface area contributed by atoms with Crippen LogP contribution in [0, 0.1) is 0 Å². The maximum atomic E-state index is 11.9. The van der Waals surface area contributed by atoms with Gasteiger partial charge in [-0.1, -0.05) is 0 Å². The van der Waals surface area contributed by atoms with Crippen molar-refractivity contribution in [2.24, 2.45) is 0 Å². The third kappa shape index (κ3) is 3.53. The lowest BCUT2D eigenvalue weighted by Crippen LogP contribution is -2.29. The Bertz CT molecular complexity index is 442. The number of rotatable bonds is 5. The molecule has 5 heteroatoms. The smallest absolute Gasteiger partial charge is 0.224 e. The van der Waals surface area contributed by atoms with Crippen LogP contribution in [-0.4, -0.2) is 37.6 Å². The highest BCUT2D eigenvalue weighted by Gasteiger charge is 2.16. The molecule has 0 aliphatic carbocycles. The Hall–Kier alpha value is -1.91. The molecule has 1 aromatic carbocycles. The molecule has 3 N–H and O–H groups in total. The Morgan fingerprint density at radius 3 is 2.84 bits per heavy atom. The summed E-state index contributed by atoms with van der Waals surface area (Å²) in [6, 6.07) is 5.53. The second-order valence-electron chi connectivity index (χ2n) is 4.72. The van der Waals surface area contributed by atoms with Crippen molar-refractivity contribution in [2.45, 2.75) is 19.3 Å². The van der Waals surface area contributed by atoms with Gasteiger partial charge in [0.1, 0.15) is 5.75 Å². The second-order valence-corrected chi connectivity index (χ2v) is 4.72. The highest BCUT2D eigenvalue weighted by Crippen LogP contribution is 2.24. The number of nitrogens with two attached hydrogens (primary N) is 1. The lowest BCUT2D eigenvalue weighted by Gasteiger charge is -2.15. The van der Waals surface area contributed by atoms with Crippen LogP contribution in [0.5, 0.6) is 5.75 Å². The largest absolute Gasteiger partial charge is 0.495 e. The zero-order valence-electron chi connectivity index (χ0n) is 11.3. The maximum absolute atomic E-state index is 11.9. The number of methoxy groups -OCH3 is 1. The van der Waals surface area contributed by atoms with Crippen LogP contribution < -0.4 is 15.8 Å². The fourth-order valence-electron chi connectivity index (χ4n) is 2.26. The number of nitrogen functional groups attached to an aromatic ring is 1. The number of hydrogen-bond acceptors (Lipinski definition) is 4. The van der Waals surface area contributed by atoms with Gasteiger partial charge in [-0.2, -0.15) is 0 Å². The Kier molecular flexibility index (Phi) is 4.49. The third-order valence-corrected chi connectivity index (χ3v) is 3.36. The third-order valence-electron chi connectivity index (χ3n) is 3.36. The van der Waals surface area contributed by atoms with Crippen LogP contribution in [0.15, 0.2) is 18.2 Å². The molecule has 1 aliphatic heterocycles. The first kappa shape index (κ1) is 13.5. The van der Waals surface area contributed by atoms with Crippen LogP contribution in [0.1, 0.15) is 19.3 Å². The summed E-state index contributed by atoms with van der Waals surface area (Å²) in [7, 11) is 1.59. The normalized spacial score (nSPS) is 14.5. The van der Waals surface area contributed by atoms with Crippen LogP contribution in [-0.2, 0) is 4.79 Å². The van der Waals surface area contributed by atoms with Gasteiger partial charge >= 0.3 is 0 Å². The topological polar surface area (TPSA) is 67.6 Å². The van der Waals surface area contributed by atoms with Crippen molar-refractivity contribution in [3.8, 4) is 5.75 Å². The number of carbonyl (C=O) groups excluding carboxylic acids is 1. The number of nitrogens with zero attached hydrogens (tertiary/aromatic N) is 1. The zero-order valence-corrected chi connectivity index (χ0v) is 11.3. The van der Waals surface area contributed by atoms with E-state index in [1.54, 1.807) is 13.2 Å². The summed E-state index contributed by atoms with van der Waals surface area (Å²) in [5.41, 5.74) is 7.28. The summed E-state index contributed by atoms with van der Waals surface area (Å²) < 4.78 is 5.15. The summed E-state index contributed by atoms with van der Waals surface area (Å²) in [5.74, 6) is 0.878. The Balaban J connectivity index is 1.80. The Labute approximate surface area is 113 Å². The summed E-state index contributed by atoms with van der Waals surface area (Å²) in [6.45, 7) is 2.45. The first-order chi connectivity index (χ1) is 9.20. The van der Waals surface area contributed by atoms with E-state index in [0.29, 0.717) is 24.4 Å². The molecule has 0 atom stereocenters. The van der Waals surface area contributed by atoms with Gasteiger partial charge in [0.25, 0.3) is 0 Å². The molecule has 2 rings (SSSR count). The van der Waals surface area contributed by atoms with Crippen LogP contribution in [0.4, 0.5) is 11.4 Å². The number of carbonyl (C=O) groups is 1. The molecule has 104 valence electrons. The predicted octanol–water partition coefficient (Wildman–Crippen LogP) is 1.70. The average molecular weight is 263 g/mol. The molecule has 19 heavy (non-hydrogen) atoms.